The summed E-state index contributed by atoms with van der Waals surface area (Å²) in [6.45, 7) is 2.77. The van der Waals surface area contributed by atoms with Crippen LogP contribution < -0.4 is 9.22 Å². The number of amides is 1. The van der Waals surface area contributed by atoms with Crippen molar-refractivity contribution in [3.8, 4) is 11.8 Å². The maximum Gasteiger partial charge on any atom is 0.333 e. The van der Waals surface area contributed by atoms with E-state index in [2.05, 4.69) is 20.9 Å². The number of imidazole rings is 1. The number of carbonyl (C=O) groups is 1. The van der Waals surface area contributed by atoms with E-state index in [-0.39, 0.29) is 10.4 Å². The first-order valence-electron chi connectivity index (χ1n) is 9.97. The number of piperazine rings is 1. The fourth-order valence-corrected chi connectivity index (χ4v) is 4.29. The summed E-state index contributed by atoms with van der Waals surface area (Å²) in [7, 11) is 1.54. The maximum atomic E-state index is 13.6. The van der Waals surface area contributed by atoms with Gasteiger partial charge in [0.25, 0.3) is 0 Å². The molecule has 8 heteroatoms. The number of aromatic nitrogens is 2. The average Bonchev–Trinajstić information content (AvgIpc) is 3.28. The second-order valence-electron chi connectivity index (χ2n) is 7.66. The quantitative estimate of drug-likeness (QED) is 0.598. The summed E-state index contributed by atoms with van der Waals surface area (Å²) in [5.41, 5.74) is 3.23. The zero-order valence-corrected chi connectivity index (χ0v) is 18.0. The van der Waals surface area contributed by atoms with Gasteiger partial charge in [-0.05, 0) is 24.3 Å². The average molecular weight is 437 g/mol. The molecule has 1 fully saturated rings. The molecule has 158 valence electrons. The Morgan fingerprint density at radius 1 is 1.32 bits per heavy atom. The van der Waals surface area contributed by atoms with Gasteiger partial charge in [-0.15, -0.1) is 0 Å². The second-order valence-corrected chi connectivity index (χ2v) is 8.09. The molecule has 0 spiro atoms. The van der Waals surface area contributed by atoms with Gasteiger partial charge < -0.3 is 9.72 Å². The third kappa shape index (κ3) is 4.32. The van der Waals surface area contributed by atoms with Gasteiger partial charge in [0.15, 0.2) is 0 Å². The van der Waals surface area contributed by atoms with E-state index in [9.17, 15) is 10.1 Å². The summed E-state index contributed by atoms with van der Waals surface area (Å²) in [5, 5.41) is 9.88. The predicted octanol–water partition coefficient (Wildman–Crippen LogP) is 3.49. The standard InChI is InChI=1S/C23H23ClN5O2/c1-31-22-9-17(5-6-18(22)11-25)15-29(21-4-2-3-19(24)10-21)8-7-28(14-23(29)30)13-20-12-26-16-27-20/h2-6,9-10,12,16H,7-8,13-15H2,1H3,(H,26,27)/q+1. The van der Waals surface area contributed by atoms with Crippen LogP contribution in [0.25, 0.3) is 0 Å². The van der Waals surface area contributed by atoms with Crippen molar-refractivity contribution in [2.45, 2.75) is 13.1 Å². The van der Waals surface area contributed by atoms with Crippen LogP contribution in [0.5, 0.6) is 5.75 Å². The van der Waals surface area contributed by atoms with Crippen LogP contribution in [0.3, 0.4) is 0 Å². The number of aromatic amines is 1. The number of quaternary nitrogens is 1. The molecule has 0 bridgehead atoms. The van der Waals surface area contributed by atoms with Gasteiger partial charge >= 0.3 is 5.91 Å². The number of nitrogens with zero attached hydrogens (tertiary/aromatic N) is 4. The Kier molecular flexibility index (Phi) is 6.05. The highest BCUT2D eigenvalue weighted by atomic mass is 35.5. The van der Waals surface area contributed by atoms with Crippen molar-refractivity contribution in [1.82, 2.24) is 19.4 Å². The number of H-pyrrole nitrogens is 1. The van der Waals surface area contributed by atoms with E-state index in [4.69, 9.17) is 16.3 Å². The first kappa shape index (κ1) is 21.1. The molecule has 1 N–H and O–H groups in total. The number of nitrogens with one attached hydrogen (secondary N) is 1. The molecule has 1 atom stereocenters. The van der Waals surface area contributed by atoms with Gasteiger partial charge in [-0.2, -0.15) is 5.26 Å². The molecule has 3 aromatic rings. The van der Waals surface area contributed by atoms with Gasteiger partial charge in [-0.3, -0.25) is 4.90 Å². The summed E-state index contributed by atoms with van der Waals surface area (Å²) < 4.78 is 5.54. The normalized spacial score (nSPS) is 19.2. The molecule has 2 heterocycles. The SMILES string of the molecule is COc1cc(C[N+]2(c3cccc(Cl)c3)CCN(Cc3cnc[nH]3)CC2=O)ccc1C#N. The number of rotatable bonds is 6. The van der Waals surface area contributed by atoms with Crippen molar-refractivity contribution in [3.63, 3.8) is 0 Å². The van der Waals surface area contributed by atoms with Gasteiger partial charge in [-0.25, -0.2) is 14.3 Å². The molecular weight excluding hydrogens is 414 g/mol. The minimum atomic E-state index is 0.0939. The molecule has 2 aromatic carbocycles. The minimum Gasteiger partial charge on any atom is -0.495 e. The van der Waals surface area contributed by atoms with Crippen molar-refractivity contribution in [3.05, 3.63) is 76.8 Å². The van der Waals surface area contributed by atoms with Gasteiger partial charge in [-0.1, -0.05) is 23.7 Å². The lowest BCUT2D eigenvalue weighted by Gasteiger charge is -2.42. The number of benzene rings is 2. The van der Waals surface area contributed by atoms with E-state index in [1.165, 1.54) is 0 Å². The van der Waals surface area contributed by atoms with Gasteiger partial charge in [0.1, 0.15) is 37.1 Å². The first-order chi connectivity index (χ1) is 15.0. The molecule has 1 amide bonds. The van der Waals surface area contributed by atoms with E-state index < -0.39 is 0 Å². The highest BCUT2D eigenvalue weighted by Crippen LogP contribution is 2.33. The van der Waals surface area contributed by atoms with Crippen LogP contribution in [0.2, 0.25) is 5.02 Å². The second kappa shape index (κ2) is 8.90. The van der Waals surface area contributed by atoms with Crippen LogP contribution in [-0.4, -0.2) is 47.5 Å². The Bertz CT molecular complexity index is 1130. The maximum absolute atomic E-state index is 13.6. The van der Waals surface area contributed by atoms with E-state index in [1.807, 2.05) is 36.4 Å². The van der Waals surface area contributed by atoms with E-state index in [0.29, 0.717) is 42.5 Å². The van der Waals surface area contributed by atoms with E-state index in [0.717, 1.165) is 23.5 Å². The molecule has 1 aliphatic rings. The molecule has 0 saturated carbocycles. The van der Waals surface area contributed by atoms with Gasteiger partial charge in [0, 0.05) is 41.6 Å². The van der Waals surface area contributed by atoms with Crippen molar-refractivity contribution >= 4 is 23.2 Å². The molecule has 0 aliphatic carbocycles. The van der Waals surface area contributed by atoms with Crippen LogP contribution >= 0.6 is 11.6 Å². The third-order valence-corrected chi connectivity index (χ3v) is 5.96. The Morgan fingerprint density at radius 2 is 2.19 bits per heavy atom. The number of ether oxygens (including phenoxy) is 1. The summed E-state index contributed by atoms with van der Waals surface area (Å²) in [6.07, 6.45) is 3.42. The van der Waals surface area contributed by atoms with Crippen molar-refractivity contribution < 1.29 is 9.53 Å². The smallest absolute Gasteiger partial charge is 0.333 e. The monoisotopic (exact) mass is 436 g/mol. The topological polar surface area (TPSA) is 82.0 Å². The number of methoxy groups -OCH3 is 1. The Morgan fingerprint density at radius 3 is 2.87 bits per heavy atom. The summed E-state index contributed by atoms with van der Waals surface area (Å²) in [4.78, 5) is 22.9. The molecule has 0 radical (unpaired) electrons. The third-order valence-electron chi connectivity index (χ3n) is 5.72. The van der Waals surface area contributed by atoms with Crippen molar-refractivity contribution in [2.24, 2.45) is 0 Å². The summed E-state index contributed by atoms with van der Waals surface area (Å²) >= 11 is 6.29. The number of hydrogen-bond acceptors (Lipinski definition) is 5. The fraction of sp³-hybridized carbons (Fsp3) is 0.261. The lowest BCUT2D eigenvalue weighted by Crippen LogP contribution is -2.63. The molecule has 7 nitrogen and oxygen atoms in total. The number of carbonyl (C=O) groups excluding carboxylic acids is 1. The highest BCUT2D eigenvalue weighted by molar-refractivity contribution is 6.30. The van der Waals surface area contributed by atoms with E-state index in [1.54, 1.807) is 25.7 Å². The Labute approximate surface area is 186 Å². The van der Waals surface area contributed by atoms with Crippen LogP contribution in [0, 0.1) is 11.3 Å². The van der Waals surface area contributed by atoms with Crippen molar-refractivity contribution in [1.29, 1.82) is 5.26 Å². The highest BCUT2D eigenvalue weighted by Gasteiger charge is 2.44. The number of nitriles is 1. The molecule has 4 rings (SSSR count). The summed E-state index contributed by atoms with van der Waals surface area (Å²) in [6, 6.07) is 15.1. The van der Waals surface area contributed by atoms with Crippen LogP contribution in [0.15, 0.2) is 55.0 Å². The Balaban J connectivity index is 1.67. The molecular formula is C23H23ClN5O2+. The van der Waals surface area contributed by atoms with E-state index >= 15 is 0 Å². The van der Waals surface area contributed by atoms with Gasteiger partial charge in [0.05, 0.1) is 19.0 Å². The lowest BCUT2D eigenvalue weighted by molar-refractivity contribution is -0.136. The minimum absolute atomic E-state index is 0.0939. The first-order valence-corrected chi connectivity index (χ1v) is 10.3. The zero-order chi connectivity index (χ0) is 21.8. The van der Waals surface area contributed by atoms with Crippen molar-refractivity contribution in [2.75, 3.05) is 26.7 Å². The molecule has 31 heavy (non-hydrogen) atoms. The predicted molar refractivity (Wildman–Crippen MR) is 118 cm³/mol. The zero-order valence-electron chi connectivity index (χ0n) is 17.2. The van der Waals surface area contributed by atoms with Gasteiger partial charge in [0.2, 0.25) is 0 Å². The molecule has 1 unspecified atom stereocenters. The fourth-order valence-electron chi connectivity index (χ4n) is 4.10. The molecule has 1 aromatic heterocycles. The lowest BCUT2D eigenvalue weighted by atomic mass is 10.1. The van der Waals surface area contributed by atoms with Crippen LogP contribution in [0.1, 0.15) is 16.8 Å². The summed E-state index contributed by atoms with van der Waals surface area (Å²) in [5.74, 6) is 0.603. The Hall–Kier alpha value is -3.18. The van der Waals surface area contributed by atoms with Crippen LogP contribution in [0.4, 0.5) is 5.69 Å². The molecule has 1 aliphatic heterocycles. The molecule has 1 saturated heterocycles. The number of halogens is 1. The number of hydrogen-bond donors (Lipinski definition) is 1. The largest absolute Gasteiger partial charge is 0.495 e. The van der Waals surface area contributed by atoms with Crippen LogP contribution in [-0.2, 0) is 17.9 Å².